The Bertz CT molecular complexity index is 319. The summed E-state index contributed by atoms with van der Waals surface area (Å²) >= 11 is 0. The monoisotopic (exact) mass is 287 g/mol. The van der Waals surface area contributed by atoms with Crippen molar-refractivity contribution in [3.63, 3.8) is 0 Å². The smallest absolute Gasteiger partial charge is 0.475 e. The number of hydrogen-bond donors (Lipinski definition) is 2. The van der Waals surface area contributed by atoms with Crippen LogP contribution < -0.4 is 5.73 Å². The number of halogens is 3. The minimum Gasteiger partial charge on any atom is -0.475 e. The number of ether oxygens (including phenoxy) is 2. The van der Waals surface area contributed by atoms with E-state index in [1.54, 1.807) is 0 Å². The lowest BCUT2D eigenvalue weighted by atomic mass is 10.1. The second-order valence-corrected chi connectivity index (χ2v) is 3.93. The standard InChI is InChI=1S/C8H15NO3.C2HF3O2/c1-5(9)6-3-4-7(12-6)8(10)11-2;3-2(4,5)1(6)7/h5-7H,3-4,9H2,1-2H3;(H,6,7)/t5-,6-,7-;/m0./s1. The van der Waals surface area contributed by atoms with E-state index in [2.05, 4.69) is 4.74 Å². The third-order valence-electron chi connectivity index (χ3n) is 2.35. The van der Waals surface area contributed by atoms with Crippen LogP contribution in [0.5, 0.6) is 0 Å². The first-order chi connectivity index (χ1) is 8.59. The van der Waals surface area contributed by atoms with Gasteiger partial charge in [-0.1, -0.05) is 0 Å². The predicted octanol–water partition coefficient (Wildman–Crippen LogP) is 0.687. The average Bonchev–Trinajstić information content (AvgIpc) is 2.76. The van der Waals surface area contributed by atoms with E-state index in [1.165, 1.54) is 7.11 Å². The third-order valence-corrected chi connectivity index (χ3v) is 2.35. The average molecular weight is 287 g/mol. The van der Waals surface area contributed by atoms with Gasteiger partial charge in [-0.25, -0.2) is 9.59 Å². The van der Waals surface area contributed by atoms with Crippen molar-refractivity contribution in [2.45, 2.75) is 44.2 Å². The molecule has 0 amide bonds. The highest BCUT2D eigenvalue weighted by Crippen LogP contribution is 2.22. The highest BCUT2D eigenvalue weighted by Gasteiger charge is 2.38. The number of nitrogens with two attached hydrogens (primary N) is 1. The maximum absolute atomic E-state index is 11.0. The topological polar surface area (TPSA) is 98.9 Å². The normalized spacial score (nSPS) is 24.1. The molecule has 19 heavy (non-hydrogen) atoms. The van der Waals surface area contributed by atoms with E-state index in [4.69, 9.17) is 20.4 Å². The van der Waals surface area contributed by atoms with E-state index >= 15 is 0 Å². The largest absolute Gasteiger partial charge is 0.490 e. The third kappa shape index (κ3) is 6.39. The number of alkyl halides is 3. The molecule has 0 aromatic carbocycles. The molecule has 0 saturated carbocycles. The number of hydrogen-bond acceptors (Lipinski definition) is 5. The zero-order valence-electron chi connectivity index (χ0n) is 10.4. The molecule has 112 valence electrons. The fourth-order valence-corrected chi connectivity index (χ4v) is 1.35. The Morgan fingerprint density at radius 2 is 1.89 bits per heavy atom. The van der Waals surface area contributed by atoms with Crippen LogP contribution in [0.2, 0.25) is 0 Å². The van der Waals surface area contributed by atoms with E-state index in [0.29, 0.717) is 0 Å². The number of esters is 1. The summed E-state index contributed by atoms with van der Waals surface area (Å²) in [6, 6.07) is -0.0142. The van der Waals surface area contributed by atoms with Crippen molar-refractivity contribution in [2.75, 3.05) is 7.11 Å². The first-order valence-electron chi connectivity index (χ1n) is 5.38. The molecule has 3 atom stereocenters. The quantitative estimate of drug-likeness (QED) is 0.725. The second kappa shape index (κ2) is 7.29. The summed E-state index contributed by atoms with van der Waals surface area (Å²) < 4.78 is 41.7. The lowest BCUT2D eigenvalue weighted by Gasteiger charge is -2.14. The molecule has 1 aliphatic heterocycles. The van der Waals surface area contributed by atoms with Gasteiger partial charge >= 0.3 is 18.1 Å². The summed E-state index contributed by atoms with van der Waals surface area (Å²) in [5.41, 5.74) is 5.62. The molecule has 0 radical (unpaired) electrons. The molecule has 0 aromatic rings. The van der Waals surface area contributed by atoms with Gasteiger partial charge in [0.25, 0.3) is 0 Å². The van der Waals surface area contributed by atoms with Crippen LogP contribution in [-0.2, 0) is 19.1 Å². The number of carboxylic acid groups (broad SMARTS) is 1. The predicted molar refractivity (Wildman–Crippen MR) is 57.3 cm³/mol. The highest BCUT2D eigenvalue weighted by atomic mass is 19.4. The van der Waals surface area contributed by atoms with Gasteiger partial charge in [0, 0.05) is 6.04 Å². The van der Waals surface area contributed by atoms with Crippen molar-refractivity contribution in [2.24, 2.45) is 5.73 Å². The molecule has 1 saturated heterocycles. The minimum absolute atomic E-state index is 0.00843. The maximum Gasteiger partial charge on any atom is 0.490 e. The Balaban J connectivity index is 0.000000399. The maximum atomic E-state index is 11.0. The Morgan fingerprint density at radius 3 is 2.16 bits per heavy atom. The summed E-state index contributed by atoms with van der Waals surface area (Å²) in [5, 5.41) is 7.12. The van der Waals surface area contributed by atoms with Crippen molar-refractivity contribution >= 4 is 11.9 Å². The Kier molecular flexibility index (Phi) is 6.77. The van der Waals surface area contributed by atoms with Crippen molar-refractivity contribution in [1.29, 1.82) is 0 Å². The van der Waals surface area contributed by atoms with Crippen LogP contribution in [0.3, 0.4) is 0 Å². The first-order valence-corrected chi connectivity index (χ1v) is 5.38. The van der Waals surface area contributed by atoms with E-state index in [9.17, 15) is 18.0 Å². The van der Waals surface area contributed by atoms with Gasteiger partial charge in [-0.15, -0.1) is 0 Å². The molecule has 0 spiro atoms. The number of rotatable bonds is 2. The Morgan fingerprint density at radius 1 is 1.42 bits per heavy atom. The van der Waals surface area contributed by atoms with Gasteiger partial charge in [0.2, 0.25) is 0 Å². The lowest BCUT2D eigenvalue weighted by Crippen LogP contribution is -2.33. The van der Waals surface area contributed by atoms with Crippen molar-refractivity contribution < 1.29 is 37.3 Å². The van der Waals surface area contributed by atoms with Gasteiger partial charge in [-0.2, -0.15) is 13.2 Å². The van der Waals surface area contributed by atoms with Crippen LogP contribution in [0.1, 0.15) is 19.8 Å². The van der Waals surface area contributed by atoms with Gasteiger partial charge in [0.15, 0.2) is 6.10 Å². The van der Waals surface area contributed by atoms with Crippen LogP contribution >= 0.6 is 0 Å². The number of aliphatic carboxylic acids is 1. The molecule has 6 nitrogen and oxygen atoms in total. The van der Waals surface area contributed by atoms with Gasteiger partial charge in [0.05, 0.1) is 13.2 Å². The zero-order chi connectivity index (χ0) is 15.2. The molecule has 1 rings (SSSR count). The molecular weight excluding hydrogens is 271 g/mol. The summed E-state index contributed by atoms with van der Waals surface area (Å²) in [5.74, 6) is -3.05. The molecule has 3 N–H and O–H groups in total. The Hall–Kier alpha value is -1.35. The van der Waals surface area contributed by atoms with Crippen molar-refractivity contribution in [1.82, 2.24) is 0 Å². The summed E-state index contributed by atoms with van der Waals surface area (Å²) in [4.78, 5) is 19.9. The number of carbonyl (C=O) groups excluding carboxylic acids is 1. The first kappa shape index (κ1) is 17.6. The number of methoxy groups -OCH3 is 1. The molecule has 1 aliphatic rings. The molecule has 1 heterocycles. The van der Waals surface area contributed by atoms with E-state index < -0.39 is 18.2 Å². The fourth-order valence-electron chi connectivity index (χ4n) is 1.35. The SMILES string of the molecule is COC(=O)[C@@H]1CC[C@@H]([C@H](C)N)O1.O=C(O)C(F)(F)F. The Labute approximate surface area is 107 Å². The molecule has 0 aliphatic carbocycles. The van der Waals surface area contributed by atoms with Crippen LogP contribution in [0.25, 0.3) is 0 Å². The minimum atomic E-state index is -5.08. The second-order valence-electron chi connectivity index (χ2n) is 3.93. The molecule has 0 unspecified atom stereocenters. The van der Waals surface area contributed by atoms with Crippen LogP contribution in [0, 0.1) is 0 Å². The molecule has 9 heteroatoms. The summed E-state index contributed by atoms with van der Waals surface area (Å²) in [6.07, 6.45) is -3.91. The highest BCUT2D eigenvalue weighted by molar-refractivity contribution is 5.74. The van der Waals surface area contributed by atoms with Gasteiger partial charge in [-0.05, 0) is 19.8 Å². The van der Waals surface area contributed by atoms with Gasteiger partial charge in [0.1, 0.15) is 0 Å². The molecule has 0 aromatic heterocycles. The summed E-state index contributed by atoms with van der Waals surface area (Å²) in [6.45, 7) is 1.88. The van der Waals surface area contributed by atoms with E-state index in [0.717, 1.165) is 12.8 Å². The lowest BCUT2D eigenvalue weighted by molar-refractivity contribution is -0.192. The van der Waals surface area contributed by atoms with Crippen LogP contribution in [0.4, 0.5) is 13.2 Å². The van der Waals surface area contributed by atoms with Crippen molar-refractivity contribution in [3.05, 3.63) is 0 Å². The summed E-state index contributed by atoms with van der Waals surface area (Å²) in [7, 11) is 1.37. The van der Waals surface area contributed by atoms with Crippen LogP contribution in [0.15, 0.2) is 0 Å². The van der Waals surface area contributed by atoms with Crippen LogP contribution in [-0.4, -0.2) is 48.6 Å². The molecule has 0 bridgehead atoms. The number of carbonyl (C=O) groups is 2. The number of carboxylic acids is 1. The molecule has 1 fully saturated rings. The van der Waals surface area contributed by atoms with E-state index in [-0.39, 0.29) is 18.1 Å². The van der Waals surface area contributed by atoms with E-state index in [1.807, 2.05) is 6.92 Å². The van der Waals surface area contributed by atoms with Crippen molar-refractivity contribution in [3.8, 4) is 0 Å². The zero-order valence-corrected chi connectivity index (χ0v) is 10.4. The van der Waals surface area contributed by atoms with Gasteiger partial charge in [-0.3, -0.25) is 0 Å². The fraction of sp³-hybridized carbons (Fsp3) is 0.800. The van der Waals surface area contributed by atoms with Gasteiger partial charge < -0.3 is 20.3 Å². The molecular formula is C10H16F3NO5.